The van der Waals surface area contributed by atoms with E-state index in [4.69, 9.17) is 4.42 Å². The van der Waals surface area contributed by atoms with Crippen molar-refractivity contribution in [3.8, 4) is 11.5 Å². The fourth-order valence-corrected chi connectivity index (χ4v) is 3.40. The third-order valence-electron chi connectivity index (χ3n) is 5.02. The van der Waals surface area contributed by atoms with Crippen LogP contribution in [0.4, 0.5) is 5.69 Å². The first-order valence-electron chi connectivity index (χ1n) is 9.87. The molecule has 0 aliphatic carbocycles. The molecule has 5 aromatic rings. The van der Waals surface area contributed by atoms with E-state index < -0.39 is 0 Å². The zero-order valence-electron chi connectivity index (χ0n) is 16.5. The Balaban J connectivity index is 1.24. The second-order valence-electron chi connectivity index (χ2n) is 7.12. The molecule has 1 amide bonds. The number of rotatable bonds is 5. The molecule has 2 aromatic heterocycles. The molecule has 0 saturated carbocycles. The van der Waals surface area contributed by atoms with Gasteiger partial charge in [-0.05, 0) is 48.5 Å². The maximum absolute atomic E-state index is 12.5. The number of hydrogen-bond acceptors (Lipinski definition) is 5. The van der Waals surface area contributed by atoms with E-state index in [0.717, 1.165) is 16.7 Å². The van der Waals surface area contributed by atoms with Gasteiger partial charge in [-0.25, -0.2) is 9.97 Å². The van der Waals surface area contributed by atoms with Gasteiger partial charge < -0.3 is 9.73 Å². The van der Waals surface area contributed by atoms with E-state index in [9.17, 15) is 9.59 Å². The average Bonchev–Trinajstić information content (AvgIpc) is 3.24. The Morgan fingerprint density at radius 2 is 1.68 bits per heavy atom. The van der Waals surface area contributed by atoms with E-state index in [2.05, 4.69) is 15.3 Å². The summed E-state index contributed by atoms with van der Waals surface area (Å²) in [6.07, 6.45) is 1.64. The fourth-order valence-electron chi connectivity index (χ4n) is 3.40. The van der Waals surface area contributed by atoms with Crippen LogP contribution in [0.15, 0.2) is 88.3 Å². The normalized spacial score (nSPS) is 11.1. The molecule has 152 valence electrons. The summed E-state index contributed by atoms with van der Waals surface area (Å²) in [4.78, 5) is 33.6. The van der Waals surface area contributed by atoms with Gasteiger partial charge in [0.1, 0.15) is 5.52 Å². The molecule has 2 heterocycles. The highest BCUT2D eigenvalue weighted by atomic mass is 16.3. The number of aryl methyl sites for hydroxylation is 1. The third-order valence-corrected chi connectivity index (χ3v) is 5.02. The van der Waals surface area contributed by atoms with Gasteiger partial charge in [-0.2, -0.15) is 0 Å². The number of carbonyl (C=O) groups is 1. The second kappa shape index (κ2) is 7.87. The SMILES string of the molecule is O=C(CCn1cnc2ccccc2c1=O)Nc1ccc(-c2nc3ccccc3o2)cc1. The lowest BCUT2D eigenvalue weighted by atomic mass is 10.2. The van der Waals surface area contributed by atoms with Crippen LogP contribution in [0.5, 0.6) is 0 Å². The Labute approximate surface area is 177 Å². The molecule has 0 aliphatic rings. The maximum atomic E-state index is 12.5. The van der Waals surface area contributed by atoms with Crippen LogP contribution in [0.3, 0.4) is 0 Å². The van der Waals surface area contributed by atoms with Crippen molar-refractivity contribution in [2.24, 2.45) is 0 Å². The minimum atomic E-state index is -0.185. The molecule has 0 unspecified atom stereocenters. The Hall–Kier alpha value is -4.26. The standard InChI is InChI=1S/C24H18N4O3/c29-22(13-14-28-15-25-19-6-2-1-5-18(19)24(28)30)26-17-11-9-16(10-12-17)23-27-20-7-3-4-8-21(20)31-23/h1-12,15H,13-14H2,(H,26,29). The van der Waals surface area contributed by atoms with Crippen molar-refractivity contribution in [2.75, 3.05) is 5.32 Å². The third kappa shape index (κ3) is 3.81. The lowest BCUT2D eigenvalue weighted by molar-refractivity contribution is -0.116. The van der Waals surface area contributed by atoms with Gasteiger partial charge in [0.25, 0.3) is 5.56 Å². The Kier molecular flexibility index (Phi) is 4.76. The molecular formula is C24H18N4O3. The van der Waals surface area contributed by atoms with E-state index in [1.165, 1.54) is 10.9 Å². The van der Waals surface area contributed by atoms with Crippen LogP contribution in [-0.4, -0.2) is 20.4 Å². The van der Waals surface area contributed by atoms with Crippen LogP contribution in [0.25, 0.3) is 33.5 Å². The Bertz CT molecular complexity index is 1420. The number of benzene rings is 3. The zero-order valence-corrected chi connectivity index (χ0v) is 16.5. The van der Waals surface area contributed by atoms with Gasteiger partial charge in [-0.1, -0.05) is 24.3 Å². The number of hydrogen-bond donors (Lipinski definition) is 1. The van der Waals surface area contributed by atoms with Crippen molar-refractivity contribution < 1.29 is 9.21 Å². The molecule has 0 spiro atoms. The van der Waals surface area contributed by atoms with Gasteiger partial charge in [-0.3, -0.25) is 14.2 Å². The summed E-state index contributed by atoms with van der Waals surface area (Å²) in [5.74, 6) is 0.344. The summed E-state index contributed by atoms with van der Waals surface area (Å²) in [7, 11) is 0. The van der Waals surface area contributed by atoms with Crippen molar-refractivity contribution in [1.82, 2.24) is 14.5 Å². The topological polar surface area (TPSA) is 90.0 Å². The Morgan fingerprint density at radius 3 is 2.48 bits per heavy atom. The molecule has 7 heteroatoms. The summed E-state index contributed by atoms with van der Waals surface area (Å²) in [5, 5.41) is 3.39. The van der Waals surface area contributed by atoms with E-state index in [-0.39, 0.29) is 24.4 Å². The summed E-state index contributed by atoms with van der Waals surface area (Å²) in [5.41, 5.74) is 3.51. The molecule has 7 nitrogen and oxygen atoms in total. The molecule has 0 radical (unpaired) electrons. The first-order chi connectivity index (χ1) is 15.2. The van der Waals surface area contributed by atoms with Crippen LogP contribution < -0.4 is 10.9 Å². The first kappa shape index (κ1) is 18.7. The highest BCUT2D eigenvalue weighted by molar-refractivity contribution is 5.91. The maximum Gasteiger partial charge on any atom is 0.261 e. The number of para-hydroxylation sites is 3. The number of amides is 1. The number of nitrogens with one attached hydrogen (secondary N) is 1. The average molecular weight is 410 g/mol. The molecule has 5 rings (SSSR count). The van der Waals surface area contributed by atoms with E-state index in [1.54, 1.807) is 30.3 Å². The molecule has 0 aliphatic heterocycles. The molecule has 0 saturated heterocycles. The fraction of sp³-hybridized carbons (Fsp3) is 0.0833. The second-order valence-corrected chi connectivity index (χ2v) is 7.12. The quantitative estimate of drug-likeness (QED) is 0.468. The molecule has 3 aromatic carbocycles. The molecule has 1 N–H and O–H groups in total. The van der Waals surface area contributed by atoms with Crippen molar-refractivity contribution in [3.63, 3.8) is 0 Å². The number of carbonyl (C=O) groups excluding carboxylic acids is 1. The number of aromatic nitrogens is 3. The van der Waals surface area contributed by atoms with Crippen molar-refractivity contribution in [3.05, 3.63) is 89.5 Å². The van der Waals surface area contributed by atoms with E-state index in [1.807, 2.05) is 42.5 Å². The highest BCUT2D eigenvalue weighted by Gasteiger charge is 2.09. The van der Waals surface area contributed by atoms with Crippen LogP contribution in [-0.2, 0) is 11.3 Å². The molecule has 0 fully saturated rings. The van der Waals surface area contributed by atoms with Gasteiger partial charge in [0.2, 0.25) is 11.8 Å². The predicted molar refractivity (Wildman–Crippen MR) is 119 cm³/mol. The summed E-state index contributed by atoms with van der Waals surface area (Å²) >= 11 is 0. The number of nitrogens with zero attached hydrogens (tertiary/aromatic N) is 3. The lowest BCUT2D eigenvalue weighted by Gasteiger charge is -2.08. The predicted octanol–water partition coefficient (Wildman–Crippen LogP) is 4.23. The lowest BCUT2D eigenvalue weighted by Crippen LogP contribution is -2.23. The van der Waals surface area contributed by atoms with Gasteiger partial charge in [0, 0.05) is 24.2 Å². The van der Waals surface area contributed by atoms with E-state index >= 15 is 0 Å². The van der Waals surface area contributed by atoms with Gasteiger partial charge in [0.15, 0.2) is 5.58 Å². The molecule has 31 heavy (non-hydrogen) atoms. The van der Waals surface area contributed by atoms with Crippen molar-refractivity contribution in [2.45, 2.75) is 13.0 Å². The first-order valence-corrected chi connectivity index (χ1v) is 9.87. The molecule has 0 atom stereocenters. The summed E-state index contributed by atoms with van der Waals surface area (Å²) in [6, 6.07) is 22.0. The minimum absolute atomic E-state index is 0.152. The number of anilines is 1. The van der Waals surface area contributed by atoms with Gasteiger partial charge in [0.05, 0.1) is 17.2 Å². The van der Waals surface area contributed by atoms with Crippen molar-refractivity contribution in [1.29, 1.82) is 0 Å². The highest BCUT2D eigenvalue weighted by Crippen LogP contribution is 2.25. The van der Waals surface area contributed by atoms with Crippen LogP contribution >= 0.6 is 0 Å². The zero-order chi connectivity index (χ0) is 21.2. The van der Waals surface area contributed by atoms with Crippen molar-refractivity contribution >= 4 is 33.6 Å². The summed E-state index contributed by atoms with van der Waals surface area (Å²) < 4.78 is 7.22. The monoisotopic (exact) mass is 410 g/mol. The molecular weight excluding hydrogens is 392 g/mol. The van der Waals surface area contributed by atoms with Crippen LogP contribution in [0.1, 0.15) is 6.42 Å². The van der Waals surface area contributed by atoms with Gasteiger partial charge >= 0.3 is 0 Å². The van der Waals surface area contributed by atoms with E-state index in [0.29, 0.717) is 22.5 Å². The summed E-state index contributed by atoms with van der Waals surface area (Å²) in [6.45, 7) is 0.253. The largest absolute Gasteiger partial charge is 0.436 e. The number of oxazole rings is 1. The molecule has 0 bridgehead atoms. The smallest absolute Gasteiger partial charge is 0.261 e. The van der Waals surface area contributed by atoms with Crippen LogP contribution in [0.2, 0.25) is 0 Å². The Morgan fingerprint density at radius 1 is 0.935 bits per heavy atom. The van der Waals surface area contributed by atoms with Crippen LogP contribution in [0, 0.1) is 0 Å². The minimum Gasteiger partial charge on any atom is -0.436 e. The van der Waals surface area contributed by atoms with Gasteiger partial charge in [-0.15, -0.1) is 0 Å². The number of fused-ring (bicyclic) bond motifs is 2.